The molecule has 4 heterocycles. The number of benzene rings is 5. The summed E-state index contributed by atoms with van der Waals surface area (Å²) in [6, 6.07) is 53.4. The number of rotatable bonds is 6. The number of pyridine rings is 3. The maximum absolute atomic E-state index is 5.11. The third kappa shape index (κ3) is 5.76. The fourth-order valence-corrected chi connectivity index (χ4v) is 6.17. The van der Waals surface area contributed by atoms with Gasteiger partial charge in [-0.2, -0.15) is 0 Å². The molecule has 4 aromatic heterocycles. The Morgan fingerprint density at radius 1 is 0.260 bits per heavy atom. The molecule has 0 aliphatic heterocycles. The minimum atomic E-state index is 0.552. The maximum Gasteiger partial charge on any atom is 0.165 e. The summed E-state index contributed by atoms with van der Waals surface area (Å²) in [7, 11) is 0. The molecule has 0 radical (unpaired) electrons. The first kappa shape index (κ1) is 29.2. The first-order valence-electron chi connectivity index (χ1n) is 16.4. The summed E-state index contributed by atoms with van der Waals surface area (Å²) in [5.74, 6) is 1.77. The number of hydrogen-bond acceptors (Lipinski definition) is 6. The van der Waals surface area contributed by atoms with E-state index in [0.29, 0.717) is 17.5 Å². The first-order valence-corrected chi connectivity index (χ1v) is 16.4. The lowest BCUT2D eigenvalue weighted by molar-refractivity contribution is 1.07. The minimum Gasteiger partial charge on any atom is -0.254 e. The molecular formula is C44H28N6. The second kappa shape index (κ2) is 12.6. The van der Waals surface area contributed by atoms with E-state index in [4.69, 9.17) is 29.9 Å². The molecule has 0 amide bonds. The summed E-state index contributed by atoms with van der Waals surface area (Å²) in [6.07, 6.45) is 3.72. The van der Waals surface area contributed by atoms with Crippen LogP contribution in [0.2, 0.25) is 0 Å². The van der Waals surface area contributed by atoms with Crippen LogP contribution in [-0.2, 0) is 0 Å². The van der Waals surface area contributed by atoms with Crippen molar-refractivity contribution in [2.75, 3.05) is 0 Å². The largest absolute Gasteiger partial charge is 0.254 e. The molecule has 0 spiro atoms. The van der Waals surface area contributed by atoms with E-state index >= 15 is 0 Å². The lowest BCUT2D eigenvalue weighted by atomic mass is 9.99. The Hall–Kier alpha value is -6.92. The molecule has 0 atom stereocenters. The Balaban J connectivity index is 1.15. The highest BCUT2D eigenvalue weighted by molar-refractivity contribution is 5.89. The second-order valence-electron chi connectivity index (χ2n) is 12.1. The van der Waals surface area contributed by atoms with E-state index in [-0.39, 0.29) is 0 Å². The Bertz CT molecular complexity index is 2480. The SMILES string of the molecule is c1ccc(-c2nc(-c3ccccc3)nc(-c3ccc(-c4cc(-c5ccc6ccccc6c5)cc(-c5cc6ccccc6cn5)n4)nc3)n2)cc1. The van der Waals surface area contributed by atoms with Crippen LogP contribution in [0.1, 0.15) is 0 Å². The highest BCUT2D eigenvalue weighted by Gasteiger charge is 2.15. The van der Waals surface area contributed by atoms with Crippen molar-refractivity contribution < 1.29 is 0 Å². The van der Waals surface area contributed by atoms with Gasteiger partial charge in [-0.15, -0.1) is 0 Å². The van der Waals surface area contributed by atoms with E-state index in [1.165, 1.54) is 10.8 Å². The van der Waals surface area contributed by atoms with E-state index in [1.54, 1.807) is 0 Å². The highest BCUT2D eigenvalue weighted by atomic mass is 15.0. The summed E-state index contributed by atoms with van der Waals surface area (Å²) in [5.41, 5.74) is 7.82. The Labute approximate surface area is 288 Å². The number of nitrogens with zero attached hydrogens (tertiary/aromatic N) is 6. The van der Waals surface area contributed by atoms with E-state index < -0.39 is 0 Å². The van der Waals surface area contributed by atoms with Crippen molar-refractivity contribution in [3.05, 3.63) is 170 Å². The Morgan fingerprint density at radius 3 is 1.42 bits per heavy atom. The van der Waals surface area contributed by atoms with Crippen LogP contribution in [0, 0.1) is 0 Å². The fraction of sp³-hybridized carbons (Fsp3) is 0. The molecule has 234 valence electrons. The van der Waals surface area contributed by atoms with Gasteiger partial charge in [0.1, 0.15) is 0 Å². The third-order valence-corrected chi connectivity index (χ3v) is 8.79. The third-order valence-electron chi connectivity index (χ3n) is 8.79. The molecular weight excluding hydrogens is 613 g/mol. The van der Waals surface area contributed by atoms with Crippen LogP contribution in [0.15, 0.2) is 170 Å². The highest BCUT2D eigenvalue weighted by Crippen LogP contribution is 2.32. The van der Waals surface area contributed by atoms with Crippen LogP contribution >= 0.6 is 0 Å². The fourth-order valence-electron chi connectivity index (χ4n) is 6.17. The molecule has 0 bridgehead atoms. The average molecular weight is 641 g/mol. The Morgan fingerprint density at radius 2 is 0.780 bits per heavy atom. The normalized spacial score (nSPS) is 11.2. The molecule has 0 unspecified atom stereocenters. The van der Waals surface area contributed by atoms with Gasteiger partial charge >= 0.3 is 0 Å². The zero-order chi connectivity index (χ0) is 33.3. The number of hydrogen-bond donors (Lipinski definition) is 0. The van der Waals surface area contributed by atoms with Crippen molar-refractivity contribution in [3.8, 4) is 68.1 Å². The lowest BCUT2D eigenvalue weighted by Gasteiger charge is -2.11. The van der Waals surface area contributed by atoms with Gasteiger partial charge in [0.2, 0.25) is 0 Å². The molecule has 50 heavy (non-hydrogen) atoms. The minimum absolute atomic E-state index is 0.552. The van der Waals surface area contributed by atoms with Crippen LogP contribution in [0.3, 0.4) is 0 Å². The Kier molecular flexibility index (Phi) is 7.37. The van der Waals surface area contributed by atoms with E-state index in [2.05, 4.69) is 72.8 Å². The van der Waals surface area contributed by atoms with Gasteiger partial charge in [0, 0.05) is 34.5 Å². The first-order chi connectivity index (χ1) is 24.7. The van der Waals surface area contributed by atoms with Crippen molar-refractivity contribution in [2.24, 2.45) is 0 Å². The van der Waals surface area contributed by atoms with Crippen LogP contribution in [-0.4, -0.2) is 29.9 Å². The molecule has 9 aromatic rings. The van der Waals surface area contributed by atoms with Gasteiger partial charge < -0.3 is 0 Å². The quantitative estimate of drug-likeness (QED) is 0.180. The maximum atomic E-state index is 5.11. The van der Waals surface area contributed by atoms with Gasteiger partial charge in [-0.25, -0.2) is 19.9 Å². The molecule has 0 saturated carbocycles. The summed E-state index contributed by atoms with van der Waals surface area (Å²) in [6.45, 7) is 0. The molecule has 0 aliphatic carbocycles. The predicted octanol–water partition coefficient (Wildman–Crippen LogP) is 10.4. The van der Waals surface area contributed by atoms with E-state index in [0.717, 1.165) is 61.4 Å². The number of fused-ring (bicyclic) bond motifs is 2. The zero-order valence-corrected chi connectivity index (χ0v) is 26.8. The zero-order valence-electron chi connectivity index (χ0n) is 26.8. The van der Waals surface area contributed by atoms with Crippen molar-refractivity contribution in [1.29, 1.82) is 0 Å². The van der Waals surface area contributed by atoms with Gasteiger partial charge in [0.05, 0.1) is 22.8 Å². The molecule has 6 nitrogen and oxygen atoms in total. The van der Waals surface area contributed by atoms with Gasteiger partial charge in [0.25, 0.3) is 0 Å². The molecule has 9 rings (SSSR count). The van der Waals surface area contributed by atoms with E-state index in [1.807, 2.05) is 97.3 Å². The van der Waals surface area contributed by atoms with Crippen molar-refractivity contribution in [2.45, 2.75) is 0 Å². The van der Waals surface area contributed by atoms with Gasteiger partial charge in [-0.05, 0) is 63.7 Å². The van der Waals surface area contributed by atoms with Crippen LogP contribution in [0.5, 0.6) is 0 Å². The lowest BCUT2D eigenvalue weighted by Crippen LogP contribution is -2.00. The second-order valence-corrected chi connectivity index (χ2v) is 12.1. The van der Waals surface area contributed by atoms with Gasteiger partial charge in [-0.3, -0.25) is 9.97 Å². The molecule has 6 heteroatoms. The molecule has 5 aromatic carbocycles. The van der Waals surface area contributed by atoms with Crippen LogP contribution < -0.4 is 0 Å². The molecule has 0 fully saturated rings. The summed E-state index contributed by atoms with van der Waals surface area (Å²) < 4.78 is 0. The molecule has 0 N–H and O–H groups in total. The summed E-state index contributed by atoms with van der Waals surface area (Å²) in [5, 5.41) is 4.58. The average Bonchev–Trinajstić information content (AvgIpc) is 3.21. The number of aromatic nitrogens is 6. The van der Waals surface area contributed by atoms with Crippen molar-refractivity contribution in [1.82, 2.24) is 29.9 Å². The summed E-state index contributed by atoms with van der Waals surface area (Å²) >= 11 is 0. The predicted molar refractivity (Wildman–Crippen MR) is 201 cm³/mol. The van der Waals surface area contributed by atoms with Gasteiger partial charge in [0.15, 0.2) is 17.5 Å². The van der Waals surface area contributed by atoms with Crippen molar-refractivity contribution in [3.63, 3.8) is 0 Å². The standard InChI is InChI=1S/C44H28N6/c1-3-12-30(13-4-1)42-48-43(31-14-5-2-6-15-31)50-44(49-42)36-21-22-38(45-28-36)40-25-37(34-20-19-29-11-7-8-16-32(29)23-34)26-41(47-40)39-24-33-17-9-10-18-35(33)27-46-39/h1-28H. The van der Waals surface area contributed by atoms with E-state index in [9.17, 15) is 0 Å². The van der Waals surface area contributed by atoms with Crippen LogP contribution in [0.25, 0.3) is 89.6 Å². The topological polar surface area (TPSA) is 77.3 Å². The molecule has 0 saturated heterocycles. The van der Waals surface area contributed by atoms with Crippen LogP contribution in [0.4, 0.5) is 0 Å². The summed E-state index contributed by atoms with van der Waals surface area (Å²) in [4.78, 5) is 29.4. The monoisotopic (exact) mass is 640 g/mol. The smallest absolute Gasteiger partial charge is 0.165 e. The van der Waals surface area contributed by atoms with Gasteiger partial charge in [-0.1, -0.05) is 121 Å². The molecule has 0 aliphatic rings. The van der Waals surface area contributed by atoms with Crippen molar-refractivity contribution >= 4 is 21.5 Å².